The third-order valence-electron chi connectivity index (χ3n) is 6.48. The van der Waals surface area contributed by atoms with Crippen LogP contribution in [0, 0.1) is 11.3 Å². The molecule has 6 heteroatoms. The number of hydrogen-bond acceptors (Lipinski definition) is 4. The molecule has 2 aromatic carbocycles. The highest BCUT2D eigenvalue weighted by molar-refractivity contribution is 5.47. The van der Waals surface area contributed by atoms with Crippen LogP contribution in [0.25, 0.3) is 0 Å². The molecule has 0 aromatic heterocycles. The molecule has 1 heterocycles. The van der Waals surface area contributed by atoms with Crippen molar-refractivity contribution in [2.45, 2.75) is 63.2 Å². The number of piperidine rings is 1. The number of benzene rings is 2. The molecule has 1 saturated carbocycles. The standard InChI is InChI=1S/C25H28F2N2O2/c26-24(27)31-22-11-10-20(16-23(22)30-21-8-4-5-9-21)25(18-28)12-14-29(15-13-25)17-19-6-2-1-3-7-19/h1-3,6-7,10-11,16,21,24H,4-5,8-9,12-15,17H2. The molecule has 2 fully saturated rings. The highest BCUT2D eigenvalue weighted by Crippen LogP contribution is 2.41. The maximum Gasteiger partial charge on any atom is 0.387 e. The minimum Gasteiger partial charge on any atom is -0.487 e. The zero-order valence-electron chi connectivity index (χ0n) is 17.6. The fourth-order valence-electron chi connectivity index (χ4n) is 4.68. The number of ether oxygens (including phenoxy) is 2. The summed E-state index contributed by atoms with van der Waals surface area (Å²) in [7, 11) is 0. The molecule has 0 bridgehead atoms. The second-order valence-electron chi connectivity index (χ2n) is 8.52. The summed E-state index contributed by atoms with van der Waals surface area (Å²) in [5.74, 6) is 0.367. The van der Waals surface area contributed by atoms with Crippen LogP contribution in [0.4, 0.5) is 8.78 Å². The second kappa shape index (κ2) is 9.65. The van der Waals surface area contributed by atoms with Gasteiger partial charge in [-0.2, -0.15) is 14.0 Å². The molecule has 4 rings (SSSR count). The van der Waals surface area contributed by atoms with Crippen molar-refractivity contribution in [1.29, 1.82) is 5.26 Å². The van der Waals surface area contributed by atoms with Gasteiger partial charge in [-0.05, 0) is 61.8 Å². The van der Waals surface area contributed by atoms with Crippen molar-refractivity contribution in [2.24, 2.45) is 0 Å². The van der Waals surface area contributed by atoms with E-state index in [1.165, 1.54) is 11.6 Å². The van der Waals surface area contributed by atoms with Crippen molar-refractivity contribution in [3.8, 4) is 17.6 Å². The predicted molar refractivity (Wildman–Crippen MR) is 114 cm³/mol. The molecule has 2 aliphatic rings. The van der Waals surface area contributed by atoms with Gasteiger partial charge in [-0.3, -0.25) is 4.90 Å². The fourth-order valence-corrected chi connectivity index (χ4v) is 4.68. The van der Waals surface area contributed by atoms with E-state index in [9.17, 15) is 14.0 Å². The third kappa shape index (κ3) is 5.16. The van der Waals surface area contributed by atoms with Gasteiger partial charge in [0.1, 0.15) is 0 Å². The summed E-state index contributed by atoms with van der Waals surface area (Å²) in [6, 6.07) is 17.9. The van der Waals surface area contributed by atoms with E-state index in [2.05, 4.69) is 23.1 Å². The average Bonchev–Trinajstić information content (AvgIpc) is 3.29. The van der Waals surface area contributed by atoms with Crippen LogP contribution in [0.2, 0.25) is 0 Å². The van der Waals surface area contributed by atoms with Crippen LogP contribution < -0.4 is 9.47 Å². The van der Waals surface area contributed by atoms with E-state index < -0.39 is 12.0 Å². The maximum absolute atomic E-state index is 12.9. The van der Waals surface area contributed by atoms with Gasteiger partial charge in [0.15, 0.2) is 11.5 Å². The van der Waals surface area contributed by atoms with E-state index in [4.69, 9.17) is 9.47 Å². The summed E-state index contributed by atoms with van der Waals surface area (Å²) in [5.41, 5.74) is 1.43. The Labute approximate surface area is 182 Å². The molecule has 0 spiro atoms. The summed E-state index contributed by atoms with van der Waals surface area (Å²) >= 11 is 0. The average molecular weight is 427 g/mol. The minimum absolute atomic E-state index is 0.0148. The number of alkyl halides is 2. The van der Waals surface area contributed by atoms with Crippen molar-refractivity contribution < 1.29 is 18.3 Å². The van der Waals surface area contributed by atoms with Crippen LogP contribution in [-0.4, -0.2) is 30.7 Å². The van der Waals surface area contributed by atoms with Gasteiger partial charge in [-0.15, -0.1) is 0 Å². The molecule has 1 aliphatic carbocycles. The molecule has 1 saturated heterocycles. The molecule has 0 unspecified atom stereocenters. The van der Waals surface area contributed by atoms with Gasteiger partial charge in [0, 0.05) is 19.6 Å². The van der Waals surface area contributed by atoms with E-state index in [-0.39, 0.29) is 11.9 Å². The molecule has 164 valence electrons. The van der Waals surface area contributed by atoms with Crippen molar-refractivity contribution in [1.82, 2.24) is 4.90 Å². The topological polar surface area (TPSA) is 45.5 Å². The van der Waals surface area contributed by atoms with Crippen molar-refractivity contribution in [2.75, 3.05) is 13.1 Å². The van der Waals surface area contributed by atoms with E-state index in [0.717, 1.165) is 50.9 Å². The van der Waals surface area contributed by atoms with E-state index >= 15 is 0 Å². The van der Waals surface area contributed by atoms with E-state index in [1.54, 1.807) is 12.1 Å². The van der Waals surface area contributed by atoms with E-state index in [0.29, 0.717) is 18.6 Å². The van der Waals surface area contributed by atoms with Crippen molar-refractivity contribution >= 4 is 0 Å². The molecule has 31 heavy (non-hydrogen) atoms. The molecule has 0 atom stereocenters. The fraction of sp³-hybridized carbons (Fsp3) is 0.480. The maximum atomic E-state index is 12.9. The molecule has 0 N–H and O–H groups in total. The third-order valence-corrected chi connectivity index (χ3v) is 6.48. The number of halogens is 2. The Morgan fingerprint density at radius 1 is 1.03 bits per heavy atom. The Balaban J connectivity index is 1.51. The lowest BCUT2D eigenvalue weighted by Gasteiger charge is -2.38. The summed E-state index contributed by atoms with van der Waals surface area (Å²) in [6.45, 7) is -0.449. The molecule has 2 aromatic rings. The molecule has 0 radical (unpaired) electrons. The molecule has 1 aliphatic heterocycles. The van der Waals surface area contributed by atoms with Gasteiger partial charge in [-0.1, -0.05) is 36.4 Å². The number of rotatable bonds is 7. The highest BCUT2D eigenvalue weighted by Gasteiger charge is 2.37. The highest BCUT2D eigenvalue weighted by atomic mass is 19.3. The number of likely N-dealkylation sites (tertiary alicyclic amines) is 1. The monoisotopic (exact) mass is 426 g/mol. The lowest BCUT2D eigenvalue weighted by molar-refractivity contribution is -0.0520. The lowest BCUT2D eigenvalue weighted by Crippen LogP contribution is -2.41. The normalized spacial score (nSPS) is 19.3. The van der Waals surface area contributed by atoms with Crippen LogP contribution in [0.1, 0.15) is 49.7 Å². The molecular weight excluding hydrogens is 398 g/mol. The Morgan fingerprint density at radius 3 is 2.39 bits per heavy atom. The van der Waals surface area contributed by atoms with Crippen LogP contribution in [0.3, 0.4) is 0 Å². The largest absolute Gasteiger partial charge is 0.487 e. The van der Waals surface area contributed by atoms with Gasteiger partial charge in [-0.25, -0.2) is 0 Å². The summed E-state index contributed by atoms with van der Waals surface area (Å²) in [5, 5.41) is 10.1. The predicted octanol–water partition coefficient (Wildman–Crippen LogP) is 5.67. The van der Waals surface area contributed by atoms with Gasteiger partial charge in [0.25, 0.3) is 0 Å². The minimum atomic E-state index is -2.91. The molecule has 4 nitrogen and oxygen atoms in total. The Bertz CT molecular complexity index is 899. The smallest absolute Gasteiger partial charge is 0.387 e. The molecular formula is C25H28F2N2O2. The Hall–Kier alpha value is -2.65. The summed E-state index contributed by atoms with van der Waals surface area (Å²) < 4.78 is 36.5. The van der Waals surface area contributed by atoms with Crippen LogP contribution >= 0.6 is 0 Å². The number of nitrogens with zero attached hydrogens (tertiary/aromatic N) is 2. The van der Waals surface area contributed by atoms with Gasteiger partial charge < -0.3 is 9.47 Å². The van der Waals surface area contributed by atoms with Crippen molar-refractivity contribution in [3.05, 3.63) is 59.7 Å². The molecule has 0 amide bonds. The first-order valence-corrected chi connectivity index (χ1v) is 11.0. The first-order valence-electron chi connectivity index (χ1n) is 11.0. The Morgan fingerprint density at radius 2 is 1.74 bits per heavy atom. The summed E-state index contributed by atoms with van der Waals surface area (Å²) in [4.78, 5) is 2.36. The van der Waals surface area contributed by atoms with Crippen LogP contribution in [0.5, 0.6) is 11.5 Å². The van der Waals surface area contributed by atoms with Crippen LogP contribution in [-0.2, 0) is 12.0 Å². The Kier molecular flexibility index (Phi) is 6.72. The lowest BCUT2D eigenvalue weighted by atomic mass is 9.74. The zero-order valence-corrected chi connectivity index (χ0v) is 17.6. The van der Waals surface area contributed by atoms with Crippen molar-refractivity contribution in [3.63, 3.8) is 0 Å². The zero-order chi connectivity index (χ0) is 21.7. The number of nitriles is 1. The van der Waals surface area contributed by atoms with Gasteiger partial charge >= 0.3 is 6.61 Å². The van der Waals surface area contributed by atoms with E-state index in [1.807, 2.05) is 18.2 Å². The quantitative estimate of drug-likeness (QED) is 0.573. The second-order valence-corrected chi connectivity index (χ2v) is 8.52. The first kappa shape index (κ1) is 21.6. The first-order chi connectivity index (χ1) is 15.1. The van der Waals surface area contributed by atoms with Gasteiger partial charge in [0.05, 0.1) is 17.6 Å². The summed E-state index contributed by atoms with van der Waals surface area (Å²) in [6.07, 6.45) is 5.37. The van der Waals surface area contributed by atoms with Crippen LogP contribution in [0.15, 0.2) is 48.5 Å². The SMILES string of the molecule is N#CC1(c2ccc(OC(F)F)c(OC3CCCC3)c2)CCN(Cc2ccccc2)CC1. The van der Waals surface area contributed by atoms with Gasteiger partial charge in [0.2, 0.25) is 0 Å². The number of hydrogen-bond donors (Lipinski definition) is 0.